The van der Waals surface area contributed by atoms with Gasteiger partial charge in [0.1, 0.15) is 11.3 Å². The van der Waals surface area contributed by atoms with E-state index in [1.807, 2.05) is 0 Å². The van der Waals surface area contributed by atoms with Gasteiger partial charge in [0, 0.05) is 6.07 Å². The number of rotatable bonds is 2. The molecular formula is C14H16N4O4. The molecule has 0 bridgehead atoms. The summed E-state index contributed by atoms with van der Waals surface area (Å²) in [6, 6.07) is 5.66. The predicted octanol–water partition coefficient (Wildman–Crippen LogP) is 1.88. The van der Waals surface area contributed by atoms with Gasteiger partial charge < -0.3 is 9.84 Å². The first kappa shape index (κ1) is 15.5. The number of nitrogens with zero attached hydrogens (tertiary/aromatic N) is 2. The number of carbonyl (C=O) groups excluding carboxylic acids is 1. The Morgan fingerprint density at radius 3 is 2.50 bits per heavy atom. The maximum absolute atomic E-state index is 11.7. The molecule has 8 nitrogen and oxygen atoms in total. The fraction of sp³-hybridized carbons (Fsp3) is 0.286. The molecule has 0 atom stereocenters. The lowest BCUT2D eigenvalue weighted by Gasteiger charge is -2.19. The van der Waals surface area contributed by atoms with Crippen molar-refractivity contribution in [3.05, 3.63) is 34.6 Å². The molecule has 0 spiro atoms. The highest BCUT2D eigenvalue weighted by atomic mass is 16.6. The molecule has 0 radical (unpaired) electrons. The van der Waals surface area contributed by atoms with E-state index in [0.29, 0.717) is 11.4 Å². The number of H-pyrrole nitrogens is 1. The Hall–Kier alpha value is -2.90. The van der Waals surface area contributed by atoms with Gasteiger partial charge in [0.15, 0.2) is 11.6 Å². The van der Waals surface area contributed by atoms with Crippen LogP contribution in [0.4, 0.5) is 10.6 Å². The average molecular weight is 304 g/mol. The smallest absolute Gasteiger partial charge is 0.413 e. The summed E-state index contributed by atoms with van der Waals surface area (Å²) in [5.74, 6) is -0.265. The molecule has 1 amide bonds. The van der Waals surface area contributed by atoms with Crippen molar-refractivity contribution < 1.29 is 14.6 Å². The van der Waals surface area contributed by atoms with Crippen LogP contribution in [0.2, 0.25) is 0 Å². The fourth-order valence-electron chi connectivity index (χ4n) is 1.57. The molecule has 3 N–H and O–H groups in total. The van der Waals surface area contributed by atoms with Crippen molar-refractivity contribution in [1.82, 2.24) is 15.2 Å². The second-order valence-corrected chi connectivity index (χ2v) is 5.50. The number of hydrogen-bond donors (Lipinski definition) is 3. The van der Waals surface area contributed by atoms with E-state index in [2.05, 4.69) is 20.5 Å². The Kier molecular flexibility index (Phi) is 4.11. The van der Waals surface area contributed by atoms with E-state index >= 15 is 0 Å². The summed E-state index contributed by atoms with van der Waals surface area (Å²) in [5.41, 5.74) is -0.237. The summed E-state index contributed by atoms with van der Waals surface area (Å²) in [4.78, 5) is 26.8. The number of aromatic nitrogens is 3. The van der Waals surface area contributed by atoms with Crippen molar-refractivity contribution in [3.63, 3.8) is 0 Å². The lowest BCUT2D eigenvalue weighted by Crippen LogP contribution is -2.27. The second-order valence-electron chi connectivity index (χ2n) is 5.50. The topological polar surface area (TPSA) is 117 Å². The van der Waals surface area contributed by atoms with Crippen LogP contribution in [0.5, 0.6) is 5.75 Å². The Morgan fingerprint density at radius 2 is 1.91 bits per heavy atom. The van der Waals surface area contributed by atoms with E-state index in [1.54, 1.807) is 20.8 Å². The third kappa shape index (κ3) is 4.05. The molecular weight excluding hydrogens is 288 g/mol. The zero-order valence-electron chi connectivity index (χ0n) is 12.4. The highest BCUT2D eigenvalue weighted by molar-refractivity contribution is 5.85. The molecule has 2 aromatic rings. The van der Waals surface area contributed by atoms with Gasteiger partial charge >= 0.3 is 6.09 Å². The summed E-state index contributed by atoms with van der Waals surface area (Å²) in [6.07, 6.45) is -0.734. The molecule has 0 unspecified atom stereocenters. The molecule has 116 valence electrons. The molecule has 0 saturated heterocycles. The first-order chi connectivity index (χ1) is 10.2. The molecule has 0 aliphatic carbocycles. The molecule has 0 aromatic carbocycles. The standard InChI is InChI=1S/C14H16N4O4/c1-14(2,3)22-13(21)16-12-10(19)6-4-8(15-12)9-5-7-11(20)18-17-9/h4-7,19H,1-3H3,(H,18,20)(H,15,16,21). The van der Waals surface area contributed by atoms with Crippen LogP contribution >= 0.6 is 0 Å². The number of pyridine rings is 1. The number of carbonyl (C=O) groups is 1. The Balaban J connectivity index is 2.25. The number of aromatic amines is 1. The fourth-order valence-corrected chi connectivity index (χ4v) is 1.57. The van der Waals surface area contributed by atoms with Crippen molar-refractivity contribution in [2.24, 2.45) is 0 Å². The zero-order valence-corrected chi connectivity index (χ0v) is 12.4. The van der Waals surface area contributed by atoms with Crippen LogP contribution in [-0.2, 0) is 4.74 Å². The van der Waals surface area contributed by atoms with Crippen molar-refractivity contribution in [2.75, 3.05) is 5.32 Å². The third-order valence-electron chi connectivity index (χ3n) is 2.43. The van der Waals surface area contributed by atoms with E-state index in [-0.39, 0.29) is 17.1 Å². The quantitative estimate of drug-likeness (QED) is 0.780. The van der Waals surface area contributed by atoms with Gasteiger partial charge in [-0.05, 0) is 39.0 Å². The van der Waals surface area contributed by atoms with Gasteiger partial charge in [0.05, 0.1) is 5.69 Å². The maximum Gasteiger partial charge on any atom is 0.413 e. The second kappa shape index (κ2) is 5.84. The minimum absolute atomic E-state index is 0.0558. The molecule has 0 fully saturated rings. The third-order valence-corrected chi connectivity index (χ3v) is 2.43. The molecule has 8 heteroatoms. The van der Waals surface area contributed by atoms with Gasteiger partial charge in [-0.3, -0.25) is 10.1 Å². The Morgan fingerprint density at radius 1 is 1.23 bits per heavy atom. The van der Waals surface area contributed by atoms with Crippen molar-refractivity contribution >= 4 is 11.9 Å². The molecule has 22 heavy (non-hydrogen) atoms. The largest absolute Gasteiger partial charge is 0.504 e. The van der Waals surface area contributed by atoms with Crippen LogP contribution in [0.25, 0.3) is 11.4 Å². The number of amides is 1. The summed E-state index contributed by atoms with van der Waals surface area (Å²) in [6.45, 7) is 5.17. The first-order valence-corrected chi connectivity index (χ1v) is 6.51. The number of aromatic hydroxyl groups is 1. The molecule has 0 aliphatic heterocycles. The van der Waals surface area contributed by atoms with Crippen molar-refractivity contribution in [2.45, 2.75) is 26.4 Å². The van der Waals surface area contributed by atoms with Crippen LogP contribution in [0.1, 0.15) is 20.8 Å². The highest BCUT2D eigenvalue weighted by Gasteiger charge is 2.18. The molecule has 2 aromatic heterocycles. The lowest BCUT2D eigenvalue weighted by atomic mass is 10.2. The van der Waals surface area contributed by atoms with Gasteiger partial charge in [0.2, 0.25) is 0 Å². The molecule has 2 rings (SSSR count). The number of hydrogen-bond acceptors (Lipinski definition) is 6. The van der Waals surface area contributed by atoms with E-state index in [4.69, 9.17) is 4.74 Å². The van der Waals surface area contributed by atoms with Crippen molar-refractivity contribution in [3.8, 4) is 17.1 Å². The van der Waals surface area contributed by atoms with E-state index < -0.39 is 11.7 Å². The van der Waals surface area contributed by atoms with E-state index in [0.717, 1.165) is 0 Å². The van der Waals surface area contributed by atoms with Gasteiger partial charge in [0.25, 0.3) is 5.56 Å². The lowest BCUT2D eigenvalue weighted by molar-refractivity contribution is 0.0634. The van der Waals surface area contributed by atoms with Crippen LogP contribution in [0.15, 0.2) is 29.1 Å². The molecule has 0 aliphatic rings. The van der Waals surface area contributed by atoms with Gasteiger partial charge in [-0.2, -0.15) is 5.10 Å². The van der Waals surface area contributed by atoms with Gasteiger partial charge in [-0.1, -0.05) is 0 Å². The SMILES string of the molecule is CC(C)(C)OC(=O)Nc1nc(-c2ccc(=O)[nH]n2)ccc1O. The highest BCUT2D eigenvalue weighted by Crippen LogP contribution is 2.25. The maximum atomic E-state index is 11.7. The normalized spacial score (nSPS) is 11.0. The van der Waals surface area contributed by atoms with Crippen LogP contribution < -0.4 is 10.9 Å². The predicted molar refractivity (Wildman–Crippen MR) is 79.6 cm³/mol. The van der Waals surface area contributed by atoms with Crippen LogP contribution in [-0.4, -0.2) is 32.0 Å². The molecule has 2 heterocycles. The Labute approximate surface area is 126 Å². The number of anilines is 1. The van der Waals surface area contributed by atoms with E-state index in [1.165, 1.54) is 24.3 Å². The zero-order chi connectivity index (χ0) is 16.3. The van der Waals surface area contributed by atoms with Crippen LogP contribution in [0, 0.1) is 0 Å². The van der Waals surface area contributed by atoms with E-state index in [9.17, 15) is 14.7 Å². The Bertz CT molecular complexity index is 729. The molecule has 0 saturated carbocycles. The van der Waals surface area contributed by atoms with Crippen LogP contribution in [0.3, 0.4) is 0 Å². The number of ether oxygens (including phenoxy) is 1. The summed E-state index contributed by atoms with van der Waals surface area (Å²) in [5, 5.41) is 18.2. The summed E-state index contributed by atoms with van der Waals surface area (Å²) < 4.78 is 5.09. The van der Waals surface area contributed by atoms with Gasteiger partial charge in [-0.15, -0.1) is 0 Å². The summed E-state index contributed by atoms with van der Waals surface area (Å²) >= 11 is 0. The summed E-state index contributed by atoms with van der Waals surface area (Å²) in [7, 11) is 0. The van der Waals surface area contributed by atoms with Gasteiger partial charge in [-0.25, -0.2) is 14.9 Å². The minimum Gasteiger partial charge on any atom is -0.504 e. The average Bonchev–Trinajstić information content (AvgIpc) is 2.40. The van der Waals surface area contributed by atoms with Crippen molar-refractivity contribution in [1.29, 1.82) is 0 Å². The monoisotopic (exact) mass is 304 g/mol. The minimum atomic E-state index is -0.734. The first-order valence-electron chi connectivity index (χ1n) is 6.51. The number of nitrogens with one attached hydrogen (secondary N) is 2.